The Balaban J connectivity index is 2.73. The third-order valence-electron chi connectivity index (χ3n) is 2.55. The van der Waals surface area contributed by atoms with Gasteiger partial charge in [0.2, 0.25) is 0 Å². The molecule has 84 valence electrons. The van der Waals surface area contributed by atoms with E-state index in [0.717, 1.165) is 12.8 Å². The third kappa shape index (κ3) is 2.49. The van der Waals surface area contributed by atoms with Crippen molar-refractivity contribution in [3.05, 3.63) is 11.8 Å². The summed E-state index contributed by atoms with van der Waals surface area (Å²) in [4.78, 5) is 11.8. The molecule has 0 spiro atoms. The maximum Gasteiger partial charge on any atom is 0.256 e. The lowest BCUT2D eigenvalue weighted by atomic mass is 10.1. The zero-order chi connectivity index (χ0) is 11.4. The molecule has 15 heavy (non-hydrogen) atoms. The van der Waals surface area contributed by atoms with Gasteiger partial charge in [-0.05, 0) is 12.8 Å². The van der Waals surface area contributed by atoms with Crippen LogP contribution in [0.25, 0.3) is 0 Å². The van der Waals surface area contributed by atoms with E-state index in [9.17, 15) is 4.79 Å². The van der Waals surface area contributed by atoms with E-state index in [4.69, 9.17) is 5.73 Å². The topological polar surface area (TPSA) is 72.9 Å². The van der Waals surface area contributed by atoms with Gasteiger partial charge in [0, 0.05) is 13.1 Å². The number of nitrogens with one attached hydrogen (secondary N) is 1. The van der Waals surface area contributed by atoms with Crippen molar-refractivity contribution in [3.8, 4) is 0 Å². The first-order chi connectivity index (χ1) is 7.10. The molecular weight excluding hydrogens is 192 g/mol. The number of anilines is 1. The Kier molecular flexibility index (Phi) is 3.71. The highest BCUT2D eigenvalue weighted by Crippen LogP contribution is 2.09. The van der Waals surface area contributed by atoms with Crippen molar-refractivity contribution in [3.63, 3.8) is 0 Å². The second kappa shape index (κ2) is 4.82. The van der Waals surface area contributed by atoms with Gasteiger partial charge in [0.25, 0.3) is 5.91 Å². The third-order valence-corrected chi connectivity index (χ3v) is 2.55. The number of amides is 1. The molecule has 0 atom stereocenters. The highest BCUT2D eigenvalue weighted by molar-refractivity contribution is 5.98. The first-order valence-corrected chi connectivity index (χ1v) is 5.18. The number of nitrogens with two attached hydrogens (primary N) is 1. The Hall–Kier alpha value is -1.52. The van der Waals surface area contributed by atoms with Crippen LogP contribution >= 0.6 is 0 Å². The average molecular weight is 210 g/mol. The Morgan fingerprint density at radius 2 is 2.20 bits per heavy atom. The summed E-state index contributed by atoms with van der Waals surface area (Å²) in [5, 5.41) is 6.84. The molecule has 0 unspecified atom stereocenters. The molecule has 0 saturated carbocycles. The molecule has 0 aromatic carbocycles. The van der Waals surface area contributed by atoms with Crippen molar-refractivity contribution in [1.82, 2.24) is 15.1 Å². The summed E-state index contributed by atoms with van der Waals surface area (Å²) < 4.78 is 1.49. The largest absolute Gasteiger partial charge is 0.383 e. The molecule has 0 fully saturated rings. The molecule has 0 aliphatic rings. The van der Waals surface area contributed by atoms with Crippen molar-refractivity contribution in [2.75, 3.05) is 5.73 Å². The molecule has 1 aromatic rings. The van der Waals surface area contributed by atoms with Crippen molar-refractivity contribution in [1.29, 1.82) is 0 Å². The van der Waals surface area contributed by atoms with Gasteiger partial charge in [0.05, 0.1) is 6.20 Å². The number of rotatable bonds is 4. The SMILES string of the molecule is CCC(CC)NC(=O)c1cnn(C)c1N. The number of aryl methyl sites for hydroxylation is 1. The Bertz CT molecular complexity index is 341. The lowest BCUT2D eigenvalue weighted by Gasteiger charge is -2.14. The summed E-state index contributed by atoms with van der Waals surface area (Å²) in [7, 11) is 1.71. The lowest BCUT2D eigenvalue weighted by Crippen LogP contribution is -2.34. The molecule has 0 bridgehead atoms. The molecule has 0 aliphatic heterocycles. The Morgan fingerprint density at radius 3 is 2.60 bits per heavy atom. The number of hydrogen-bond acceptors (Lipinski definition) is 3. The molecule has 5 nitrogen and oxygen atoms in total. The van der Waals surface area contributed by atoms with Gasteiger partial charge in [-0.3, -0.25) is 9.48 Å². The highest BCUT2D eigenvalue weighted by atomic mass is 16.1. The Labute approximate surface area is 89.6 Å². The van der Waals surface area contributed by atoms with Gasteiger partial charge < -0.3 is 11.1 Å². The second-order valence-electron chi connectivity index (χ2n) is 3.55. The van der Waals surface area contributed by atoms with Crippen molar-refractivity contribution in [2.24, 2.45) is 7.05 Å². The van der Waals surface area contributed by atoms with Crippen molar-refractivity contribution in [2.45, 2.75) is 32.7 Å². The van der Waals surface area contributed by atoms with Gasteiger partial charge >= 0.3 is 0 Å². The zero-order valence-electron chi connectivity index (χ0n) is 9.45. The summed E-state index contributed by atoms with van der Waals surface area (Å²) in [6.45, 7) is 4.09. The fraction of sp³-hybridized carbons (Fsp3) is 0.600. The predicted molar refractivity (Wildman–Crippen MR) is 59.5 cm³/mol. The van der Waals surface area contributed by atoms with E-state index in [1.54, 1.807) is 7.05 Å². The minimum atomic E-state index is -0.144. The summed E-state index contributed by atoms with van der Waals surface area (Å²) in [6.07, 6.45) is 3.33. The molecule has 1 rings (SSSR count). The maximum atomic E-state index is 11.8. The lowest BCUT2D eigenvalue weighted by molar-refractivity contribution is 0.0935. The van der Waals surface area contributed by atoms with Crippen molar-refractivity contribution >= 4 is 11.7 Å². The predicted octanol–water partition coefficient (Wildman–Crippen LogP) is 0.921. The minimum Gasteiger partial charge on any atom is -0.383 e. The smallest absolute Gasteiger partial charge is 0.256 e. The molecule has 0 aliphatic carbocycles. The van der Waals surface area contributed by atoms with E-state index in [1.165, 1.54) is 10.9 Å². The van der Waals surface area contributed by atoms with Crippen LogP contribution in [0.4, 0.5) is 5.82 Å². The highest BCUT2D eigenvalue weighted by Gasteiger charge is 2.15. The summed E-state index contributed by atoms with van der Waals surface area (Å²) in [6, 6.07) is 0.206. The van der Waals surface area contributed by atoms with Gasteiger partial charge in [0.15, 0.2) is 0 Å². The van der Waals surface area contributed by atoms with Crippen LogP contribution in [0.1, 0.15) is 37.0 Å². The van der Waals surface area contributed by atoms with E-state index in [0.29, 0.717) is 11.4 Å². The van der Waals surface area contributed by atoms with Crippen LogP contribution in [0.5, 0.6) is 0 Å². The fourth-order valence-corrected chi connectivity index (χ4v) is 1.38. The zero-order valence-corrected chi connectivity index (χ0v) is 9.45. The van der Waals surface area contributed by atoms with Gasteiger partial charge in [0.1, 0.15) is 11.4 Å². The van der Waals surface area contributed by atoms with E-state index < -0.39 is 0 Å². The van der Waals surface area contributed by atoms with E-state index >= 15 is 0 Å². The summed E-state index contributed by atoms with van der Waals surface area (Å²) >= 11 is 0. The molecule has 3 N–H and O–H groups in total. The standard InChI is InChI=1S/C10H18N4O/c1-4-7(5-2)13-10(15)8-6-12-14(3)9(8)11/h6-7H,4-5,11H2,1-3H3,(H,13,15). The molecular formula is C10H18N4O. The Morgan fingerprint density at radius 1 is 1.60 bits per heavy atom. The van der Waals surface area contributed by atoms with Crippen LogP contribution in [0.2, 0.25) is 0 Å². The molecule has 5 heteroatoms. The molecule has 0 saturated heterocycles. The molecule has 1 heterocycles. The summed E-state index contributed by atoms with van der Waals surface area (Å²) in [5.74, 6) is 0.257. The molecule has 1 amide bonds. The number of nitrogen functional groups attached to an aromatic ring is 1. The number of carbonyl (C=O) groups is 1. The number of hydrogen-bond donors (Lipinski definition) is 2. The van der Waals surface area contributed by atoms with Gasteiger partial charge in [-0.15, -0.1) is 0 Å². The minimum absolute atomic E-state index is 0.144. The van der Waals surface area contributed by atoms with Gasteiger partial charge in [-0.25, -0.2) is 0 Å². The summed E-state index contributed by atoms with van der Waals surface area (Å²) in [5.41, 5.74) is 6.15. The van der Waals surface area contributed by atoms with Crippen LogP contribution in [-0.2, 0) is 7.05 Å². The first kappa shape index (κ1) is 11.6. The first-order valence-electron chi connectivity index (χ1n) is 5.18. The maximum absolute atomic E-state index is 11.8. The fourth-order valence-electron chi connectivity index (χ4n) is 1.38. The molecule has 0 radical (unpaired) electrons. The van der Waals surface area contributed by atoms with Gasteiger partial charge in [-0.2, -0.15) is 5.10 Å². The number of carbonyl (C=O) groups excluding carboxylic acids is 1. The monoisotopic (exact) mass is 210 g/mol. The number of aromatic nitrogens is 2. The second-order valence-corrected chi connectivity index (χ2v) is 3.55. The van der Waals surface area contributed by atoms with Crippen LogP contribution in [0, 0.1) is 0 Å². The van der Waals surface area contributed by atoms with Crippen LogP contribution in [0.15, 0.2) is 6.20 Å². The number of nitrogens with zero attached hydrogens (tertiary/aromatic N) is 2. The normalized spacial score (nSPS) is 10.7. The van der Waals surface area contributed by atoms with Crippen LogP contribution in [0.3, 0.4) is 0 Å². The van der Waals surface area contributed by atoms with Gasteiger partial charge in [-0.1, -0.05) is 13.8 Å². The van der Waals surface area contributed by atoms with Crippen LogP contribution in [-0.4, -0.2) is 21.7 Å². The molecule has 1 aromatic heterocycles. The average Bonchev–Trinajstić information content (AvgIpc) is 2.56. The van der Waals surface area contributed by atoms with E-state index in [-0.39, 0.29) is 11.9 Å². The van der Waals surface area contributed by atoms with E-state index in [2.05, 4.69) is 10.4 Å². The van der Waals surface area contributed by atoms with E-state index in [1.807, 2.05) is 13.8 Å². The van der Waals surface area contributed by atoms with Crippen LogP contribution < -0.4 is 11.1 Å². The van der Waals surface area contributed by atoms with Crippen molar-refractivity contribution < 1.29 is 4.79 Å². The quantitative estimate of drug-likeness (QED) is 0.776.